The summed E-state index contributed by atoms with van der Waals surface area (Å²) in [5.41, 5.74) is 4.31. The molecule has 32 heavy (non-hydrogen) atoms. The fraction of sp³-hybridized carbons (Fsp3) is 0.200. The molecule has 1 atom stereocenters. The van der Waals surface area contributed by atoms with Gasteiger partial charge in [0.2, 0.25) is 0 Å². The van der Waals surface area contributed by atoms with Crippen LogP contribution in [0.1, 0.15) is 16.7 Å². The molecule has 3 aromatic carbocycles. The molecule has 0 bridgehead atoms. The smallest absolute Gasteiger partial charge is 0.308 e. The van der Waals surface area contributed by atoms with E-state index in [2.05, 4.69) is 5.32 Å². The number of amides is 3. The van der Waals surface area contributed by atoms with E-state index in [4.69, 9.17) is 11.6 Å². The van der Waals surface area contributed by atoms with Gasteiger partial charge in [-0.2, -0.15) is 0 Å². The normalized spacial score (nSPS) is 19.5. The Balaban J connectivity index is 1.52. The Hall–Kier alpha value is -2.96. The first kappa shape index (κ1) is 20.9. The van der Waals surface area contributed by atoms with E-state index in [-0.39, 0.29) is 11.9 Å². The van der Waals surface area contributed by atoms with Crippen molar-refractivity contribution in [1.29, 1.82) is 0 Å². The van der Waals surface area contributed by atoms with Gasteiger partial charge in [-0.05, 0) is 42.3 Å². The summed E-state index contributed by atoms with van der Waals surface area (Å²) in [5, 5.41) is 3.60. The van der Waals surface area contributed by atoms with Crippen molar-refractivity contribution in [3.8, 4) is 0 Å². The van der Waals surface area contributed by atoms with Crippen LogP contribution in [0, 0.1) is 6.92 Å². The summed E-state index contributed by atoms with van der Waals surface area (Å²) >= 11 is 7.91. The second-order valence-electron chi connectivity index (χ2n) is 7.94. The number of carbonyl (C=O) groups is 2. The van der Waals surface area contributed by atoms with Crippen LogP contribution >= 0.6 is 23.4 Å². The molecule has 1 saturated heterocycles. The Morgan fingerprint density at radius 3 is 2.69 bits per heavy atom. The molecule has 1 N–H and O–H groups in total. The van der Waals surface area contributed by atoms with Crippen LogP contribution in [0.3, 0.4) is 0 Å². The van der Waals surface area contributed by atoms with E-state index < -0.39 is 4.87 Å². The van der Waals surface area contributed by atoms with Gasteiger partial charge in [0.25, 0.3) is 5.91 Å². The number of hydrogen-bond acceptors (Lipinski definition) is 3. The standard InChI is InChI=1S/C25H22ClN3O2S/c1-17-7-6-9-19(15-17)27-24(31)29-13-14-32-25(29)20-10-3-5-12-22(20)28(23(25)30)16-18-8-2-4-11-21(18)26/h2-12,15H,13-14,16H2,1H3,(H,27,31)/t25-/m0/s1. The number of nitrogens with one attached hydrogen (secondary N) is 1. The predicted octanol–water partition coefficient (Wildman–Crippen LogP) is 5.63. The number of hydrogen-bond donors (Lipinski definition) is 1. The summed E-state index contributed by atoms with van der Waals surface area (Å²) in [6, 6.07) is 22.6. The van der Waals surface area contributed by atoms with Crippen molar-refractivity contribution in [3.63, 3.8) is 0 Å². The molecule has 1 fully saturated rings. The van der Waals surface area contributed by atoms with E-state index in [0.29, 0.717) is 29.6 Å². The van der Waals surface area contributed by atoms with Gasteiger partial charge in [0.1, 0.15) is 0 Å². The van der Waals surface area contributed by atoms with Gasteiger partial charge in [0, 0.05) is 28.6 Å². The van der Waals surface area contributed by atoms with Crippen LogP contribution in [0.2, 0.25) is 5.02 Å². The first-order valence-electron chi connectivity index (χ1n) is 10.4. The van der Waals surface area contributed by atoms with Gasteiger partial charge < -0.3 is 10.2 Å². The molecule has 1 spiro atoms. The Labute approximate surface area is 196 Å². The quantitative estimate of drug-likeness (QED) is 0.547. The third-order valence-corrected chi connectivity index (χ3v) is 7.69. The van der Waals surface area contributed by atoms with Crippen molar-refractivity contribution < 1.29 is 9.59 Å². The lowest BCUT2D eigenvalue weighted by molar-refractivity contribution is -0.123. The van der Waals surface area contributed by atoms with Gasteiger partial charge in [0.15, 0.2) is 4.87 Å². The van der Waals surface area contributed by atoms with Crippen molar-refractivity contribution in [1.82, 2.24) is 4.90 Å². The van der Waals surface area contributed by atoms with Gasteiger partial charge >= 0.3 is 6.03 Å². The molecule has 7 heteroatoms. The number of rotatable bonds is 3. The van der Waals surface area contributed by atoms with Crippen LogP contribution in [0.15, 0.2) is 72.8 Å². The van der Waals surface area contributed by atoms with Crippen LogP contribution < -0.4 is 10.2 Å². The number of fused-ring (bicyclic) bond motifs is 2. The molecule has 3 amide bonds. The lowest BCUT2D eigenvalue weighted by Crippen LogP contribution is -2.51. The summed E-state index contributed by atoms with van der Waals surface area (Å²) in [5.74, 6) is 0.571. The van der Waals surface area contributed by atoms with E-state index in [1.165, 1.54) is 11.8 Å². The van der Waals surface area contributed by atoms with Crippen LogP contribution in [-0.2, 0) is 16.2 Å². The largest absolute Gasteiger partial charge is 0.323 e. The minimum atomic E-state index is -1.08. The number of carbonyl (C=O) groups excluding carboxylic acids is 2. The Morgan fingerprint density at radius 2 is 1.88 bits per heavy atom. The Kier molecular flexibility index (Phi) is 5.35. The van der Waals surface area contributed by atoms with Crippen LogP contribution in [0.5, 0.6) is 0 Å². The lowest BCUT2D eigenvalue weighted by Gasteiger charge is -2.33. The number of anilines is 2. The summed E-state index contributed by atoms with van der Waals surface area (Å²) in [6.45, 7) is 2.82. The molecule has 5 nitrogen and oxygen atoms in total. The van der Waals surface area contributed by atoms with Crippen LogP contribution in [0.4, 0.5) is 16.2 Å². The zero-order valence-electron chi connectivity index (χ0n) is 17.5. The molecule has 2 aliphatic rings. The van der Waals surface area contributed by atoms with E-state index in [1.807, 2.05) is 79.7 Å². The molecular weight excluding hydrogens is 442 g/mol. The number of benzene rings is 3. The van der Waals surface area contributed by atoms with Crippen molar-refractivity contribution in [2.45, 2.75) is 18.3 Å². The molecular formula is C25H22ClN3O2S. The zero-order chi connectivity index (χ0) is 22.3. The maximum atomic E-state index is 14.0. The third kappa shape index (κ3) is 3.34. The Morgan fingerprint density at radius 1 is 1.09 bits per heavy atom. The number of urea groups is 1. The highest BCUT2D eigenvalue weighted by molar-refractivity contribution is 8.01. The van der Waals surface area contributed by atoms with Crippen molar-refractivity contribution >= 4 is 46.7 Å². The van der Waals surface area contributed by atoms with Gasteiger partial charge in [-0.15, -0.1) is 11.8 Å². The van der Waals surface area contributed by atoms with E-state index >= 15 is 0 Å². The summed E-state index contributed by atoms with van der Waals surface area (Å²) < 4.78 is 0. The van der Waals surface area contributed by atoms with Gasteiger partial charge in [0.05, 0.1) is 12.2 Å². The number of aryl methyl sites for hydroxylation is 1. The highest BCUT2D eigenvalue weighted by Gasteiger charge is 2.59. The van der Waals surface area contributed by atoms with E-state index in [1.54, 1.807) is 9.80 Å². The average molecular weight is 464 g/mol. The average Bonchev–Trinajstić information content (AvgIpc) is 3.33. The van der Waals surface area contributed by atoms with Crippen LogP contribution in [-0.4, -0.2) is 29.1 Å². The number of halogens is 1. The SMILES string of the molecule is Cc1cccc(NC(=O)N2CCS[C@@]23C(=O)N(Cc2ccccc2Cl)c2ccccc23)c1. The zero-order valence-corrected chi connectivity index (χ0v) is 19.1. The highest BCUT2D eigenvalue weighted by Crippen LogP contribution is 2.54. The van der Waals surface area contributed by atoms with Crippen molar-refractivity contribution in [2.75, 3.05) is 22.5 Å². The number of para-hydroxylation sites is 1. The number of thioether (sulfide) groups is 1. The molecule has 2 aliphatic heterocycles. The highest BCUT2D eigenvalue weighted by atomic mass is 35.5. The van der Waals surface area contributed by atoms with Gasteiger partial charge in [-0.3, -0.25) is 9.69 Å². The maximum absolute atomic E-state index is 14.0. The Bertz CT molecular complexity index is 1220. The summed E-state index contributed by atoms with van der Waals surface area (Å²) in [4.78, 5) is 29.7. The topological polar surface area (TPSA) is 52.7 Å². The van der Waals surface area contributed by atoms with Crippen LogP contribution in [0.25, 0.3) is 0 Å². The third-order valence-electron chi connectivity index (χ3n) is 5.90. The van der Waals surface area contributed by atoms with E-state index in [0.717, 1.165) is 22.4 Å². The molecule has 0 unspecified atom stereocenters. The van der Waals surface area contributed by atoms with Gasteiger partial charge in [-0.1, -0.05) is 60.1 Å². The molecule has 0 radical (unpaired) electrons. The first-order valence-corrected chi connectivity index (χ1v) is 11.8. The monoisotopic (exact) mass is 463 g/mol. The molecule has 0 saturated carbocycles. The molecule has 5 rings (SSSR count). The molecule has 162 valence electrons. The molecule has 3 aromatic rings. The van der Waals surface area contributed by atoms with Gasteiger partial charge in [-0.25, -0.2) is 4.79 Å². The molecule has 0 aromatic heterocycles. The summed E-state index contributed by atoms with van der Waals surface area (Å²) in [7, 11) is 0. The van der Waals surface area contributed by atoms with E-state index in [9.17, 15) is 9.59 Å². The second-order valence-corrected chi connectivity index (χ2v) is 9.64. The number of nitrogens with zero attached hydrogens (tertiary/aromatic N) is 2. The lowest BCUT2D eigenvalue weighted by atomic mass is 10.1. The second kappa shape index (κ2) is 8.19. The fourth-order valence-corrected chi connectivity index (χ4v) is 6.09. The minimum Gasteiger partial charge on any atom is -0.308 e. The predicted molar refractivity (Wildman–Crippen MR) is 130 cm³/mol. The maximum Gasteiger partial charge on any atom is 0.323 e. The molecule has 2 heterocycles. The minimum absolute atomic E-state index is 0.111. The van der Waals surface area contributed by atoms with Crippen molar-refractivity contribution in [3.05, 3.63) is 94.5 Å². The summed E-state index contributed by atoms with van der Waals surface area (Å²) in [6.07, 6.45) is 0. The first-order chi connectivity index (χ1) is 15.5. The van der Waals surface area contributed by atoms with Crippen molar-refractivity contribution in [2.24, 2.45) is 0 Å². The molecule has 0 aliphatic carbocycles. The fourth-order valence-electron chi connectivity index (χ4n) is 4.44.